The van der Waals surface area contributed by atoms with Gasteiger partial charge in [0.1, 0.15) is 12.4 Å². The molecule has 4 nitrogen and oxygen atoms in total. The zero-order valence-corrected chi connectivity index (χ0v) is 11.3. The molecule has 1 aromatic carbocycles. The summed E-state index contributed by atoms with van der Waals surface area (Å²) in [7, 11) is 0. The molecular formula is C15H21NO3. The second kappa shape index (κ2) is 6.68. The lowest BCUT2D eigenvalue weighted by atomic mass is 10.1. The van der Waals surface area contributed by atoms with Gasteiger partial charge < -0.3 is 9.84 Å². The fourth-order valence-electron chi connectivity index (χ4n) is 2.40. The lowest BCUT2D eigenvalue weighted by molar-refractivity contribution is 0.0632. The van der Waals surface area contributed by atoms with Crippen molar-refractivity contribution < 1.29 is 14.6 Å². The van der Waals surface area contributed by atoms with Crippen LogP contribution in [0.3, 0.4) is 0 Å². The standard InChI is InChI=1S/C15H21NO3/c1-12(17)14-6-2-3-7-15(14)19-10-9-16-8-4-5-13(18)11-16/h2-3,6-7,13,18H,4-5,8-11H2,1H3. The van der Waals surface area contributed by atoms with Crippen LogP contribution < -0.4 is 4.74 Å². The first kappa shape index (κ1) is 14.0. The summed E-state index contributed by atoms with van der Waals surface area (Å²) in [5.41, 5.74) is 0.626. The molecule has 0 saturated carbocycles. The molecule has 1 aliphatic rings. The second-order valence-electron chi connectivity index (χ2n) is 5.00. The Labute approximate surface area is 114 Å². The third-order valence-electron chi connectivity index (χ3n) is 3.41. The molecule has 1 aliphatic heterocycles. The minimum atomic E-state index is -0.210. The van der Waals surface area contributed by atoms with E-state index < -0.39 is 0 Å². The van der Waals surface area contributed by atoms with Crippen molar-refractivity contribution in [2.24, 2.45) is 0 Å². The lowest BCUT2D eigenvalue weighted by Crippen LogP contribution is -2.40. The molecule has 2 rings (SSSR count). The van der Waals surface area contributed by atoms with Gasteiger partial charge in [-0.1, -0.05) is 12.1 Å². The van der Waals surface area contributed by atoms with Crippen molar-refractivity contribution in [3.63, 3.8) is 0 Å². The minimum Gasteiger partial charge on any atom is -0.491 e. The Morgan fingerprint density at radius 3 is 3.00 bits per heavy atom. The molecule has 1 fully saturated rings. The highest BCUT2D eigenvalue weighted by Gasteiger charge is 2.17. The van der Waals surface area contributed by atoms with Crippen LogP contribution in [0, 0.1) is 0 Å². The van der Waals surface area contributed by atoms with E-state index in [2.05, 4.69) is 4.90 Å². The van der Waals surface area contributed by atoms with Gasteiger partial charge in [0, 0.05) is 13.1 Å². The molecule has 1 unspecified atom stereocenters. The number of rotatable bonds is 5. The van der Waals surface area contributed by atoms with E-state index in [1.807, 2.05) is 18.2 Å². The van der Waals surface area contributed by atoms with E-state index in [9.17, 15) is 9.90 Å². The third kappa shape index (κ3) is 4.04. The summed E-state index contributed by atoms with van der Waals surface area (Å²) in [5.74, 6) is 0.663. The molecule has 1 saturated heterocycles. The Morgan fingerprint density at radius 1 is 1.47 bits per heavy atom. The number of aliphatic hydroxyl groups is 1. The summed E-state index contributed by atoms with van der Waals surface area (Å²) in [5, 5.41) is 9.59. The van der Waals surface area contributed by atoms with Crippen LogP contribution in [0.4, 0.5) is 0 Å². The summed E-state index contributed by atoms with van der Waals surface area (Å²) in [6, 6.07) is 7.31. The van der Waals surface area contributed by atoms with Crippen molar-refractivity contribution >= 4 is 5.78 Å². The highest BCUT2D eigenvalue weighted by Crippen LogP contribution is 2.18. The summed E-state index contributed by atoms with van der Waals surface area (Å²) in [6.07, 6.45) is 1.72. The Morgan fingerprint density at radius 2 is 2.26 bits per heavy atom. The normalized spacial score (nSPS) is 20.2. The number of carbonyl (C=O) groups excluding carboxylic acids is 1. The average Bonchev–Trinajstić information content (AvgIpc) is 2.39. The summed E-state index contributed by atoms with van der Waals surface area (Å²) >= 11 is 0. The first-order valence-electron chi connectivity index (χ1n) is 6.80. The van der Waals surface area contributed by atoms with Crippen molar-refractivity contribution in [3.8, 4) is 5.75 Å². The zero-order chi connectivity index (χ0) is 13.7. The number of para-hydroxylation sites is 1. The van der Waals surface area contributed by atoms with Gasteiger partial charge in [-0.2, -0.15) is 0 Å². The van der Waals surface area contributed by atoms with E-state index in [0.717, 1.165) is 32.5 Å². The average molecular weight is 263 g/mol. The fraction of sp³-hybridized carbons (Fsp3) is 0.533. The van der Waals surface area contributed by atoms with Gasteiger partial charge in [-0.25, -0.2) is 0 Å². The number of carbonyl (C=O) groups is 1. The van der Waals surface area contributed by atoms with Crippen molar-refractivity contribution in [2.75, 3.05) is 26.2 Å². The number of ether oxygens (including phenoxy) is 1. The van der Waals surface area contributed by atoms with Crippen LogP contribution in [-0.4, -0.2) is 48.1 Å². The van der Waals surface area contributed by atoms with Gasteiger partial charge in [-0.15, -0.1) is 0 Å². The van der Waals surface area contributed by atoms with Crippen LogP contribution in [0.1, 0.15) is 30.1 Å². The van der Waals surface area contributed by atoms with Gasteiger partial charge in [-0.3, -0.25) is 9.69 Å². The first-order chi connectivity index (χ1) is 9.16. The molecule has 0 aliphatic carbocycles. The molecule has 1 atom stereocenters. The Kier molecular flexibility index (Phi) is 4.93. The van der Waals surface area contributed by atoms with Crippen LogP contribution in [0.15, 0.2) is 24.3 Å². The van der Waals surface area contributed by atoms with E-state index in [0.29, 0.717) is 17.9 Å². The van der Waals surface area contributed by atoms with Gasteiger partial charge in [0.25, 0.3) is 0 Å². The van der Waals surface area contributed by atoms with Gasteiger partial charge in [0.15, 0.2) is 5.78 Å². The number of piperidine rings is 1. The second-order valence-corrected chi connectivity index (χ2v) is 5.00. The minimum absolute atomic E-state index is 0.0176. The summed E-state index contributed by atoms with van der Waals surface area (Å²) in [4.78, 5) is 13.6. The fourth-order valence-corrected chi connectivity index (χ4v) is 2.40. The molecule has 19 heavy (non-hydrogen) atoms. The predicted octanol–water partition coefficient (Wildman–Crippen LogP) is 1.72. The Bertz CT molecular complexity index is 433. The molecule has 0 bridgehead atoms. The number of aliphatic hydroxyl groups excluding tert-OH is 1. The largest absolute Gasteiger partial charge is 0.491 e. The van der Waals surface area contributed by atoms with Gasteiger partial charge in [-0.05, 0) is 38.4 Å². The molecule has 1 N–H and O–H groups in total. The highest BCUT2D eigenvalue weighted by molar-refractivity contribution is 5.96. The van der Waals surface area contributed by atoms with Crippen LogP contribution in [-0.2, 0) is 0 Å². The topological polar surface area (TPSA) is 49.8 Å². The Balaban J connectivity index is 1.84. The van der Waals surface area contributed by atoms with E-state index >= 15 is 0 Å². The summed E-state index contributed by atoms with van der Waals surface area (Å²) in [6.45, 7) is 4.59. The van der Waals surface area contributed by atoms with Crippen molar-refractivity contribution in [1.29, 1.82) is 0 Å². The highest BCUT2D eigenvalue weighted by atomic mass is 16.5. The molecule has 4 heteroatoms. The number of benzene rings is 1. The number of ketones is 1. The molecule has 1 heterocycles. The number of nitrogens with zero attached hydrogens (tertiary/aromatic N) is 1. The molecule has 1 aromatic rings. The van der Waals surface area contributed by atoms with Crippen LogP contribution in [0.5, 0.6) is 5.75 Å². The number of Topliss-reactive ketones (excluding diaryl/α,β-unsaturated/α-hetero) is 1. The van der Waals surface area contributed by atoms with E-state index in [4.69, 9.17) is 4.74 Å². The molecule has 104 valence electrons. The van der Waals surface area contributed by atoms with Gasteiger partial charge in [0.2, 0.25) is 0 Å². The smallest absolute Gasteiger partial charge is 0.163 e. The number of β-amino-alcohol motifs (C(OH)–C–C–N with tert-alkyl or cyclic N) is 1. The van der Waals surface area contributed by atoms with E-state index in [1.165, 1.54) is 0 Å². The van der Waals surface area contributed by atoms with E-state index in [-0.39, 0.29) is 11.9 Å². The maximum Gasteiger partial charge on any atom is 0.163 e. The molecule has 0 spiro atoms. The number of hydrogen-bond donors (Lipinski definition) is 1. The molecule has 0 amide bonds. The Hall–Kier alpha value is -1.39. The number of hydrogen-bond acceptors (Lipinski definition) is 4. The van der Waals surface area contributed by atoms with E-state index in [1.54, 1.807) is 13.0 Å². The third-order valence-corrected chi connectivity index (χ3v) is 3.41. The molecule has 0 aromatic heterocycles. The van der Waals surface area contributed by atoms with Gasteiger partial charge >= 0.3 is 0 Å². The first-order valence-corrected chi connectivity index (χ1v) is 6.80. The monoisotopic (exact) mass is 263 g/mol. The SMILES string of the molecule is CC(=O)c1ccccc1OCCN1CCCC(O)C1. The maximum atomic E-state index is 11.5. The maximum absolute atomic E-state index is 11.5. The van der Waals surface area contributed by atoms with Crippen LogP contribution in [0.2, 0.25) is 0 Å². The van der Waals surface area contributed by atoms with Gasteiger partial charge in [0.05, 0.1) is 11.7 Å². The van der Waals surface area contributed by atoms with Crippen molar-refractivity contribution in [2.45, 2.75) is 25.9 Å². The predicted molar refractivity (Wildman–Crippen MR) is 73.6 cm³/mol. The lowest BCUT2D eigenvalue weighted by Gasteiger charge is -2.29. The van der Waals surface area contributed by atoms with Crippen molar-refractivity contribution in [1.82, 2.24) is 4.90 Å². The zero-order valence-electron chi connectivity index (χ0n) is 11.3. The van der Waals surface area contributed by atoms with Crippen LogP contribution >= 0.6 is 0 Å². The number of likely N-dealkylation sites (tertiary alicyclic amines) is 1. The van der Waals surface area contributed by atoms with Crippen LogP contribution in [0.25, 0.3) is 0 Å². The quantitative estimate of drug-likeness (QED) is 0.822. The summed E-state index contributed by atoms with van der Waals surface area (Å²) < 4.78 is 5.69. The molecule has 0 radical (unpaired) electrons. The van der Waals surface area contributed by atoms with Crippen molar-refractivity contribution in [3.05, 3.63) is 29.8 Å². The molecular weight excluding hydrogens is 242 g/mol.